The van der Waals surface area contributed by atoms with E-state index in [0.717, 1.165) is 0 Å². The van der Waals surface area contributed by atoms with Crippen molar-refractivity contribution in [1.82, 2.24) is 19.7 Å². The second kappa shape index (κ2) is 9.52. The smallest absolute Gasteiger partial charge is 0.333 e. The number of nitrogens with one attached hydrogen (secondary N) is 1. The molecule has 2 aromatic heterocycles. The zero-order valence-corrected chi connectivity index (χ0v) is 17.9. The van der Waals surface area contributed by atoms with Crippen molar-refractivity contribution in [2.75, 3.05) is 11.9 Å². The summed E-state index contributed by atoms with van der Waals surface area (Å²) in [5.74, 6) is 5.23. The fraction of sp³-hybridized carbons (Fsp3) is 0.474. The highest BCUT2D eigenvalue weighted by atomic mass is 32.2. The van der Waals surface area contributed by atoms with E-state index in [2.05, 4.69) is 36.4 Å². The summed E-state index contributed by atoms with van der Waals surface area (Å²) in [6, 6.07) is 0.965. The maximum atomic E-state index is 13.0. The fourth-order valence-electron chi connectivity index (χ4n) is 3.46. The molecule has 3 rings (SSSR count). The monoisotopic (exact) mass is 448 g/mol. The number of carbonyl (C=O) groups is 1. The van der Waals surface area contributed by atoms with Crippen LogP contribution in [0, 0.1) is 17.8 Å². The second-order valence-corrected chi connectivity index (χ2v) is 8.44. The van der Waals surface area contributed by atoms with Gasteiger partial charge in [0.15, 0.2) is 0 Å². The Morgan fingerprint density at radius 3 is 2.97 bits per heavy atom. The maximum absolute atomic E-state index is 13.0. The quantitative estimate of drug-likeness (QED) is 0.380. The lowest BCUT2D eigenvalue weighted by Gasteiger charge is -2.21. The molecule has 12 heteroatoms. The van der Waals surface area contributed by atoms with Gasteiger partial charge in [0.1, 0.15) is 23.9 Å². The van der Waals surface area contributed by atoms with E-state index in [0.29, 0.717) is 12.8 Å². The molecule has 2 aromatic rings. The Morgan fingerprint density at radius 1 is 1.48 bits per heavy atom. The van der Waals surface area contributed by atoms with E-state index in [1.807, 2.05) is 6.92 Å². The van der Waals surface area contributed by atoms with Gasteiger partial charge in [-0.3, -0.25) is 13.7 Å². The number of aliphatic hydroxyl groups excluding tert-OH is 1. The number of ketones is 1. The van der Waals surface area contributed by atoms with Gasteiger partial charge in [-0.05, 0) is 32.8 Å². The first-order valence-corrected chi connectivity index (χ1v) is 11.1. The standard InChI is InChI=1S/C19H24N6O5S/c1-3-4-12(2)25-8-7-16(24-25)18(27)14-9-21-11-22-19(14)23-15-6-5-13(17(15)26)10-30-31(20,28)29/h7-9,11-13,15,17,26H,5-6,10H2,1-2H3,(H2,20,28,29)(H,21,22,23)/t12?,13-,15?,17-/m1/s1. The van der Waals surface area contributed by atoms with Crippen LogP contribution in [-0.2, 0) is 14.5 Å². The molecule has 4 N–H and O–H groups in total. The number of anilines is 1. The summed E-state index contributed by atoms with van der Waals surface area (Å²) in [5.41, 5.74) is 0.424. The van der Waals surface area contributed by atoms with Crippen LogP contribution < -0.4 is 10.5 Å². The van der Waals surface area contributed by atoms with Crippen molar-refractivity contribution in [3.63, 3.8) is 0 Å². The van der Waals surface area contributed by atoms with Gasteiger partial charge in [0, 0.05) is 18.3 Å². The average Bonchev–Trinajstić information content (AvgIpc) is 3.34. The summed E-state index contributed by atoms with van der Waals surface area (Å²) in [6.45, 7) is 3.38. The summed E-state index contributed by atoms with van der Waals surface area (Å²) >= 11 is 0. The first-order valence-electron chi connectivity index (χ1n) is 9.63. The first kappa shape index (κ1) is 22.8. The number of hydrogen-bond acceptors (Lipinski definition) is 9. The van der Waals surface area contributed by atoms with Gasteiger partial charge in [0.25, 0.3) is 0 Å². The Balaban J connectivity index is 1.74. The molecular formula is C19H24N6O5S. The third kappa shape index (κ3) is 5.65. The minimum Gasteiger partial charge on any atom is -0.391 e. The summed E-state index contributed by atoms with van der Waals surface area (Å²) in [4.78, 5) is 21.1. The Labute approximate surface area is 180 Å². The van der Waals surface area contributed by atoms with E-state index in [-0.39, 0.29) is 35.5 Å². The molecule has 0 bridgehead atoms. The minimum absolute atomic E-state index is 0.179. The van der Waals surface area contributed by atoms with Gasteiger partial charge in [-0.2, -0.15) is 13.5 Å². The molecule has 31 heavy (non-hydrogen) atoms. The molecule has 11 nitrogen and oxygen atoms in total. The van der Waals surface area contributed by atoms with Gasteiger partial charge in [-0.1, -0.05) is 5.92 Å². The maximum Gasteiger partial charge on any atom is 0.333 e. The van der Waals surface area contributed by atoms with Crippen molar-refractivity contribution in [2.24, 2.45) is 11.1 Å². The average molecular weight is 449 g/mol. The van der Waals surface area contributed by atoms with Crippen LogP contribution in [0.2, 0.25) is 0 Å². The van der Waals surface area contributed by atoms with Crippen LogP contribution in [-0.4, -0.2) is 57.8 Å². The van der Waals surface area contributed by atoms with E-state index < -0.39 is 28.4 Å². The second-order valence-electron chi connectivity index (χ2n) is 7.22. The molecule has 0 amide bonds. The number of hydrogen-bond donors (Lipinski definition) is 3. The third-order valence-corrected chi connectivity index (χ3v) is 5.52. The summed E-state index contributed by atoms with van der Waals surface area (Å²) in [6.07, 6.45) is 4.49. The summed E-state index contributed by atoms with van der Waals surface area (Å²) < 4.78 is 28.2. The van der Waals surface area contributed by atoms with Crippen LogP contribution in [0.25, 0.3) is 0 Å². The SMILES string of the molecule is CC#CC(C)n1ccc(C(=O)c2cncnc2NC2CC[C@H](COS(N)(=O)=O)[C@H]2O)n1. The van der Waals surface area contributed by atoms with E-state index in [4.69, 9.17) is 5.14 Å². The number of nitrogens with zero attached hydrogens (tertiary/aromatic N) is 4. The van der Waals surface area contributed by atoms with Crippen molar-refractivity contribution in [1.29, 1.82) is 0 Å². The van der Waals surface area contributed by atoms with Gasteiger partial charge in [0.05, 0.1) is 24.3 Å². The topological polar surface area (TPSA) is 162 Å². The van der Waals surface area contributed by atoms with Crippen molar-refractivity contribution < 1.29 is 22.5 Å². The highest BCUT2D eigenvalue weighted by Crippen LogP contribution is 2.30. The van der Waals surface area contributed by atoms with Crippen molar-refractivity contribution in [2.45, 2.75) is 44.9 Å². The highest BCUT2D eigenvalue weighted by molar-refractivity contribution is 7.84. The largest absolute Gasteiger partial charge is 0.391 e. The molecule has 1 saturated carbocycles. The lowest BCUT2D eigenvalue weighted by atomic mass is 10.1. The number of rotatable bonds is 8. The van der Waals surface area contributed by atoms with Gasteiger partial charge >= 0.3 is 10.3 Å². The Hall–Kier alpha value is -2.85. The molecule has 1 aliphatic carbocycles. The number of aromatic nitrogens is 4. The number of nitrogens with two attached hydrogens (primary N) is 1. The van der Waals surface area contributed by atoms with E-state index in [9.17, 15) is 18.3 Å². The van der Waals surface area contributed by atoms with Gasteiger partial charge in [-0.15, -0.1) is 5.92 Å². The molecule has 1 fully saturated rings. The Morgan fingerprint density at radius 2 is 2.26 bits per heavy atom. The lowest BCUT2D eigenvalue weighted by molar-refractivity contribution is 0.0936. The van der Waals surface area contributed by atoms with Crippen LogP contribution in [0.5, 0.6) is 0 Å². The summed E-state index contributed by atoms with van der Waals surface area (Å²) in [5, 5.41) is 22.8. The molecule has 4 atom stereocenters. The van der Waals surface area contributed by atoms with Crippen LogP contribution in [0.15, 0.2) is 24.8 Å². The molecule has 2 unspecified atom stereocenters. The third-order valence-electron chi connectivity index (χ3n) is 5.06. The molecule has 0 aliphatic heterocycles. The molecule has 1 aliphatic rings. The molecule has 0 spiro atoms. The van der Waals surface area contributed by atoms with Gasteiger partial charge in [-0.25, -0.2) is 15.1 Å². The lowest BCUT2D eigenvalue weighted by Crippen LogP contribution is -2.35. The predicted molar refractivity (Wildman–Crippen MR) is 111 cm³/mol. The molecule has 0 saturated heterocycles. The van der Waals surface area contributed by atoms with Gasteiger partial charge < -0.3 is 10.4 Å². The molecule has 0 radical (unpaired) electrons. The van der Waals surface area contributed by atoms with Crippen molar-refractivity contribution in [3.8, 4) is 11.8 Å². The zero-order valence-electron chi connectivity index (χ0n) is 17.1. The molecule has 166 valence electrons. The first-order chi connectivity index (χ1) is 14.7. The van der Waals surface area contributed by atoms with Crippen LogP contribution >= 0.6 is 0 Å². The van der Waals surface area contributed by atoms with Crippen molar-refractivity contribution >= 4 is 21.9 Å². The number of carbonyl (C=O) groups excluding carboxylic acids is 1. The van der Waals surface area contributed by atoms with Crippen LogP contribution in [0.3, 0.4) is 0 Å². The molecular weight excluding hydrogens is 424 g/mol. The van der Waals surface area contributed by atoms with Crippen LogP contribution in [0.1, 0.15) is 48.8 Å². The fourth-order valence-corrected chi connectivity index (χ4v) is 3.82. The zero-order chi connectivity index (χ0) is 22.6. The highest BCUT2D eigenvalue weighted by Gasteiger charge is 2.36. The van der Waals surface area contributed by atoms with E-state index in [1.165, 1.54) is 12.5 Å². The molecule has 2 heterocycles. The molecule has 0 aromatic carbocycles. The van der Waals surface area contributed by atoms with Crippen LogP contribution in [0.4, 0.5) is 5.82 Å². The summed E-state index contributed by atoms with van der Waals surface area (Å²) in [7, 11) is -4.08. The Kier molecular flexibility index (Phi) is 7.01. The predicted octanol–water partition coefficient (Wildman–Crippen LogP) is 0.260. The number of aliphatic hydroxyl groups is 1. The van der Waals surface area contributed by atoms with Gasteiger partial charge in [0.2, 0.25) is 5.78 Å². The normalized spacial score (nSPS) is 21.9. The Bertz CT molecular complexity index is 1110. The van der Waals surface area contributed by atoms with Crippen molar-refractivity contribution in [3.05, 3.63) is 36.0 Å². The van der Waals surface area contributed by atoms with E-state index >= 15 is 0 Å². The van der Waals surface area contributed by atoms with E-state index in [1.54, 1.807) is 23.9 Å². The minimum atomic E-state index is -4.08.